The number of hydrogen-bond donors (Lipinski definition) is 2. The second-order valence-electron chi connectivity index (χ2n) is 2.73. The molecular formula is C10H10N2OS. The molecule has 1 aromatic rings. The molecule has 0 saturated heterocycles. The second kappa shape index (κ2) is 4.53. The van der Waals surface area contributed by atoms with Gasteiger partial charge in [0.2, 0.25) is 5.91 Å². The quantitative estimate of drug-likeness (QED) is 0.568. The first-order valence-corrected chi connectivity index (χ1v) is 4.38. The van der Waals surface area contributed by atoms with Gasteiger partial charge in [-0.05, 0) is 17.7 Å². The van der Waals surface area contributed by atoms with E-state index in [1.807, 2.05) is 18.2 Å². The van der Waals surface area contributed by atoms with Crippen LogP contribution < -0.4 is 11.5 Å². The average molecular weight is 206 g/mol. The van der Waals surface area contributed by atoms with Gasteiger partial charge in [0.25, 0.3) is 0 Å². The van der Waals surface area contributed by atoms with E-state index in [4.69, 9.17) is 23.7 Å². The molecule has 4 N–H and O–H groups in total. The van der Waals surface area contributed by atoms with Gasteiger partial charge in [-0.25, -0.2) is 0 Å². The van der Waals surface area contributed by atoms with Crippen LogP contribution in [-0.2, 0) is 4.79 Å². The summed E-state index contributed by atoms with van der Waals surface area (Å²) in [6.07, 6.45) is 2.91. The molecule has 72 valence electrons. The van der Waals surface area contributed by atoms with Crippen LogP contribution in [0.1, 0.15) is 11.1 Å². The largest absolute Gasteiger partial charge is 0.389 e. The van der Waals surface area contributed by atoms with Crippen LogP contribution in [0.15, 0.2) is 30.3 Å². The maximum absolute atomic E-state index is 10.5. The summed E-state index contributed by atoms with van der Waals surface area (Å²) in [6, 6.07) is 7.25. The average Bonchev–Trinajstić information content (AvgIpc) is 2.15. The Morgan fingerprint density at radius 3 is 2.64 bits per heavy atom. The van der Waals surface area contributed by atoms with Crippen molar-refractivity contribution in [1.29, 1.82) is 0 Å². The number of primary amides is 1. The Morgan fingerprint density at radius 2 is 2.07 bits per heavy atom. The molecule has 1 amide bonds. The van der Waals surface area contributed by atoms with Crippen LogP contribution in [0.25, 0.3) is 6.08 Å². The molecule has 0 unspecified atom stereocenters. The van der Waals surface area contributed by atoms with Gasteiger partial charge in [-0.3, -0.25) is 4.79 Å². The summed E-state index contributed by atoms with van der Waals surface area (Å²) in [6.45, 7) is 0. The van der Waals surface area contributed by atoms with Crippen molar-refractivity contribution in [1.82, 2.24) is 0 Å². The highest BCUT2D eigenvalue weighted by Gasteiger charge is 1.95. The van der Waals surface area contributed by atoms with E-state index in [2.05, 4.69) is 0 Å². The van der Waals surface area contributed by atoms with Crippen LogP contribution in [0.5, 0.6) is 0 Å². The lowest BCUT2D eigenvalue weighted by Gasteiger charge is -1.98. The lowest BCUT2D eigenvalue weighted by atomic mass is 10.1. The molecule has 14 heavy (non-hydrogen) atoms. The van der Waals surface area contributed by atoms with Crippen molar-refractivity contribution >= 4 is 29.2 Å². The Labute approximate surface area is 87.4 Å². The minimum atomic E-state index is -0.481. The molecule has 0 aliphatic rings. The summed E-state index contributed by atoms with van der Waals surface area (Å²) in [4.78, 5) is 10.8. The minimum absolute atomic E-state index is 0.333. The Kier molecular flexibility index (Phi) is 3.36. The monoisotopic (exact) mass is 206 g/mol. The SMILES string of the molecule is NC(=O)C=Cc1cccc(C(N)=S)c1. The predicted octanol–water partition coefficient (Wildman–Crippen LogP) is 0.819. The zero-order chi connectivity index (χ0) is 10.6. The number of rotatable bonds is 3. The number of carbonyl (C=O) groups excluding carboxylic acids is 1. The highest BCUT2D eigenvalue weighted by molar-refractivity contribution is 7.80. The van der Waals surface area contributed by atoms with Gasteiger partial charge in [0.05, 0.1) is 0 Å². The Morgan fingerprint density at radius 1 is 1.36 bits per heavy atom. The molecule has 0 atom stereocenters. The standard InChI is InChI=1S/C10H10N2OS/c11-9(13)5-4-7-2-1-3-8(6-7)10(12)14/h1-6H,(H2,11,13)(H2,12,14). The van der Waals surface area contributed by atoms with Crippen LogP contribution in [0.2, 0.25) is 0 Å². The molecule has 0 spiro atoms. The van der Waals surface area contributed by atoms with E-state index in [0.29, 0.717) is 4.99 Å². The van der Waals surface area contributed by atoms with Gasteiger partial charge in [-0.2, -0.15) is 0 Å². The summed E-state index contributed by atoms with van der Waals surface area (Å²) < 4.78 is 0. The number of benzene rings is 1. The fourth-order valence-corrected chi connectivity index (χ4v) is 1.10. The molecule has 0 heterocycles. The number of hydrogen-bond acceptors (Lipinski definition) is 2. The maximum Gasteiger partial charge on any atom is 0.241 e. The molecule has 1 rings (SSSR count). The van der Waals surface area contributed by atoms with Crippen LogP contribution in [0.4, 0.5) is 0 Å². The normalized spacial score (nSPS) is 10.3. The Bertz CT molecular complexity index is 399. The highest BCUT2D eigenvalue weighted by Crippen LogP contribution is 2.06. The lowest BCUT2D eigenvalue weighted by molar-refractivity contribution is -0.113. The summed E-state index contributed by atoms with van der Waals surface area (Å²) in [7, 11) is 0. The first-order chi connectivity index (χ1) is 6.59. The number of carbonyl (C=O) groups is 1. The van der Waals surface area contributed by atoms with E-state index in [1.165, 1.54) is 6.08 Å². The van der Waals surface area contributed by atoms with E-state index in [0.717, 1.165) is 11.1 Å². The third-order valence-corrected chi connectivity index (χ3v) is 1.85. The van der Waals surface area contributed by atoms with Crippen LogP contribution in [0.3, 0.4) is 0 Å². The molecule has 4 heteroatoms. The van der Waals surface area contributed by atoms with Crippen LogP contribution in [0, 0.1) is 0 Å². The zero-order valence-electron chi connectivity index (χ0n) is 7.44. The van der Waals surface area contributed by atoms with Gasteiger partial charge in [0.1, 0.15) is 4.99 Å². The number of thiocarbonyl (C=S) groups is 1. The minimum Gasteiger partial charge on any atom is -0.389 e. The number of nitrogens with two attached hydrogens (primary N) is 2. The van der Waals surface area contributed by atoms with Crippen molar-refractivity contribution in [2.24, 2.45) is 11.5 Å². The summed E-state index contributed by atoms with van der Waals surface area (Å²) in [5, 5.41) is 0. The molecule has 0 aliphatic heterocycles. The fraction of sp³-hybridized carbons (Fsp3) is 0. The van der Waals surface area contributed by atoms with Gasteiger partial charge < -0.3 is 11.5 Å². The maximum atomic E-state index is 10.5. The molecule has 0 aliphatic carbocycles. The topological polar surface area (TPSA) is 69.1 Å². The molecule has 3 nitrogen and oxygen atoms in total. The first kappa shape index (κ1) is 10.4. The second-order valence-corrected chi connectivity index (χ2v) is 3.17. The van der Waals surface area contributed by atoms with Crippen molar-refractivity contribution < 1.29 is 4.79 Å². The van der Waals surface area contributed by atoms with Gasteiger partial charge in [0.15, 0.2) is 0 Å². The lowest BCUT2D eigenvalue weighted by Crippen LogP contribution is -2.09. The Balaban J connectivity index is 2.94. The molecule has 0 bridgehead atoms. The Hall–Kier alpha value is -1.68. The van der Waals surface area contributed by atoms with Crippen molar-refractivity contribution in [2.75, 3.05) is 0 Å². The molecule has 0 fully saturated rings. The van der Waals surface area contributed by atoms with Gasteiger partial charge in [0, 0.05) is 11.6 Å². The third kappa shape index (κ3) is 2.99. The van der Waals surface area contributed by atoms with Crippen molar-refractivity contribution in [3.05, 3.63) is 41.5 Å². The van der Waals surface area contributed by atoms with E-state index >= 15 is 0 Å². The van der Waals surface area contributed by atoms with Gasteiger partial charge in [-0.15, -0.1) is 0 Å². The van der Waals surface area contributed by atoms with E-state index in [-0.39, 0.29) is 0 Å². The first-order valence-electron chi connectivity index (χ1n) is 3.97. The van der Waals surface area contributed by atoms with Crippen molar-refractivity contribution in [2.45, 2.75) is 0 Å². The molecule has 0 radical (unpaired) electrons. The molecule has 1 aromatic carbocycles. The summed E-state index contributed by atoms with van der Waals surface area (Å²) in [5.41, 5.74) is 12.0. The predicted molar refractivity (Wildman–Crippen MR) is 60.6 cm³/mol. The zero-order valence-corrected chi connectivity index (χ0v) is 8.25. The van der Waals surface area contributed by atoms with Crippen LogP contribution in [-0.4, -0.2) is 10.9 Å². The molecule has 0 aromatic heterocycles. The summed E-state index contributed by atoms with van der Waals surface area (Å²) in [5.74, 6) is -0.481. The highest BCUT2D eigenvalue weighted by atomic mass is 32.1. The van der Waals surface area contributed by atoms with Crippen molar-refractivity contribution in [3.8, 4) is 0 Å². The number of amides is 1. The van der Waals surface area contributed by atoms with Crippen LogP contribution >= 0.6 is 12.2 Å². The third-order valence-electron chi connectivity index (χ3n) is 1.61. The van der Waals surface area contributed by atoms with E-state index < -0.39 is 5.91 Å². The van der Waals surface area contributed by atoms with E-state index in [1.54, 1.807) is 12.1 Å². The smallest absolute Gasteiger partial charge is 0.241 e. The van der Waals surface area contributed by atoms with Gasteiger partial charge in [-0.1, -0.05) is 30.4 Å². The van der Waals surface area contributed by atoms with Crippen molar-refractivity contribution in [3.63, 3.8) is 0 Å². The van der Waals surface area contributed by atoms with E-state index in [9.17, 15) is 4.79 Å². The molecule has 0 saturated carbocycles. The summed E-state index contributed by atoms with van der Waals surface area (Å²) >= 11 is 4.82. The fourth-order valence-electron chi connectivity index (χ4n) is 0.974. The van der Waals surface area contributed by atoms with Gasteiger partial charge >= 0.3 is 0 Å². The molecular weight excluding hydrogens is 196 g/mol.